The zero-order chi connectivity index (χ0) is 20.1. The second-order valence-electron chi connectivity index (χ2n) is 7.41. The summed E-state index contributed by atoms with van der Waals surface area (Å²) >= 11 is 0. The van der Waals surface area contributed by atoms with Gasteiger partial charge >= 0.3 is 5.69 Å². The van der Waals surface area contributed by atoms with E-state index >= 15 is 0 Å². The van der Waals surface area contributed by atoms with Crippen LogP contribution in [0.3, 0.4) is 0 Å². The highest BCUT2D eigenvalue weighted by atomic mass is 16.6. The Hall–Kier alpha value is -2.94. The van der Waals surface area contributed by atoms with E-state index in [1.807, 2.05) is 6.07 Å². The molecule has 7 N–H and O–H groups in total. The third-order valence-electron chi connectivity index (χ3n) is 5.34. The molecule has 9 heteroatoms. The van der Waals surface area contributed by atoms with Crippen molar-refractivity contribution in [3.8, 4) is 0 Å². The third-order valence-corrected chi connectivity index (χ3v) is 5.34. The number of nitrogens with two attached hydrogens (primary N) is 3. The van der Waals surface area contributed by atoms with Gasteiger partial charge in [0.25, 0.3) is 0 Å². The molecule has 1 aliphatic rings. The lowest BCUT2D eigenvalue weighted by atomic mass is 9.82. The van der Waals surface area contributed by atoms with Gasteiger partial charge in [-0.3, -0.25) is 10.1 Å². The van der Waals surface area contributed by atoms with Gasteiger partial charge in [0.2, 0.25) is 11.8 Å². The van der Waals surface area contributed by atoms with E-state index < -0.39 is 4.92 Å². The smallest absolute Gasteiger partial charge is 0.333 e. The van der Waals surface area contributed by atoms with E-state index in [4.69, 9.17) is 17.2 Å². The highest BCUT2D eigenvalue weighted by Crippen LogP contribution is 2.31. The average Bonchev–Trinajstić information content (AvgIpc) is 2.66. The molecule has 0 bridgehead atoms. The van der Waals surface area contributed by atoms with E-state index in [0.29, 0.717) is 24.1 Å². The van der Waals surface area contributed by atoms with Crippen LogP contribution in [0, 0.1) is 22.0 Å². The Morgan fingerprint density at radius 3 is 2.50 bits per heavy atom. The standard InChI is InChI=1S/C19H27N7O2/c20-10-12-4-6-13(7-5-12)11-23-18-17(26(27)28)16(24-19(22)25-18)9-14-2-1-3-15(21)8-14/h1-3,8,12-13H,4-7,9-11,20-21H2,(H3,22,23,24,25). The zero-order valence-corrected chi connectivity index (χ0v) is 15.8. The lowest BCUT2D eigenvalue weighted by Gasteiger charge is -2.27. The van der Waals surface area contributed by atoms with Crippen LogP contribution in [0.5, 0.6) is 0 Å². The fourth-order valence-corrected chi connectivity index (χ4v) is 3.77. The van der Waals surface area contributed by atoms with Crippen LogP contribution in [0.2, 0.25) is 0 Å². The van der Waals surface area contributed by atoms with Gasteiger partial charge in [-0.25, -0.2) is 4.98 Å². The van der Waals surface area contributed by atoms with Crippen LogP contribution in [-0.4, -0.2) is 28.0 Å². The monoisotopic (exact) mass is 385 g/mol. The summed E-state index contributed by atoms with van der Waals surface area (Å²) < 4.78 is 0. The Kier molecular flexibility index (Phi) is 6.25. The van der Waals surface area contributed by atoms with Crippen molar-refractivity contribution in [2.75, 3.05) is 29.9 Å². The molecule has 0 spiro atoms. The summed E-state index contributed by atoms with van der Waals surface area (Å²) in [6.45, 7) is 1.34. The molecule has 150 valence electrons. The van der Waals surface area contributed by atoms with E-state index in [-0.39, 0.29) is 29.6 Å². The molecule has 1 aromatic heterocycles. The normalized spacial score (nSPS) is 19.3. The predicted octanol–water partition coefficient (Wildman–Crippen LogP) is 2.32. The van der Waals surface area contributed by atoms with E-state index in [0.717, 1.165) is 37.8 Å². The number of anilines is 3. The van der Waals surface area contributed by atoms with Gasteiger partial charge in [0, 0.05) is 18.7 Å². The van der Waals surface area contributed by atoms with Crippen LogP contribution in [0.4, 0.5) is 23.1 Å². The summed E-state index contributed by atoms with van der Waals surface area (Å²) in [5.74, 6) is 1.22. The van der Waals surface area contributed by atoms with Gasteiger partial charge in [-0.15, -0.1) is 0 Å². The minimum absolute atomic E-state index is 0.0128. The number of hydrogen-bond acceptors (Lipinski definition) is 8. The maximum atomic E-state index is 11.8. The Morgan fingerprint density at radius 2 is 1.86 bits per heavy atom. The molecule has 1 heterocycles. The van der Waals surface area contributed by atoms with Crippen LogP contribution in [0.1, 0.15) is 36.9 Å². The predicted molar refractivity (Wildman–Crippen MR) is 110 cm³/mol. The minimum Gasteiger partial charge on any atom is -0.399 e. The zero-order valence-electron chi connectivity index (χ0n) is 15.8. The molecule has 9 nitrogen and oxygen atoms in total. The van der Waals surface area contributed by atoms with Crippen molar-refractivity contribution in [1.29, 1.82) is 0 Å². The lowest BCUT2D eigenvalue weighted by molar-refractivity contribution is -0.385. The van der Waals surface area contributed by atoms with Gasteiger partial charge in [-0.1, -0.05) is 12.1 Å². The summed E-state index contributed by atoms with van der Waals surface area (Å²) in [6.07, 6.45) is 4.55. The highest BCUT2D eigenvalue weighted by molar-refractivity contribution is 5.61. The first-order valence-electron chi connectivity index (χ1n) is 9.55. The second kappa shape index (κ2) is 8.83. The molecule has 0 radical (unpaired) electrons. The molecule has 0 aliphatic heterocycles. The Morgan fingerprint density at radius 1 is 1.14 bits per heavy atom. The molecular formula is C19H27N7O2. The SMILES string of the molecule is NCC1CCC(CNc2nc(N)nc(Cc3cccc(N)c3)c2[N+](=O)[O-])CC1. The van der Waals surface area contributed by atoms with Crippen LogP contribution >= 0.6 is 0 Å². The maximum Gasteiger partial charge on any atom is 0.333 e. The van der Waals surface area contributed by atoms with Gasteiger partial charge in [-0.2, -0.15) is 4.98 Å². The molecule has 0 unspecified atom stereocenters. The summed E-state index contributed by atoms with van der Waals surface area (Å²) in [6, 6.07) is 7.18. The number of nitrogens with one attached hydrogen (secondary N) is 1. The summed E-state index contributed by atoms with van der Waals surface area (Å²) in [4.78, 5) is 19.5. The second-order valence-corrected chi connectivity index (χ2v) is 7.41. The van der Waals surface area contributed by atoms with E-state index in [1.165, 1.54) is 0 Å². The van der Waals surface area contributed by atoms with E-state index in [1.54, 1.807) is 18.2 Å². The van der Waals surface area contributed by atoms with E-state index in [9.17, 15) is 10.1 Å². The molecule has 28 heavy (non-hydrogen) atoms. The fourth-order valence-electron chi connectivity index (χ4n) is 3.77. The van der Waals surface area contributed by atoms with Crippen molar-refractivity contribution in [3.05, 3.63) is 45.6 Å². The van der Waals surface area contributed by atoms with Crippen molar-refractivity contribution in [2.45, 2.75) is 32.1 Å². The van der Waals surface area contributed by atoms with Crippen LogP contribution in [0.25, 0.3) is 0 Å². The fraction of sp³-hybridized carbons (Fsp3) is 0.474. The van der Waals surface area contributed by atoms with Gasteiger partial charge in [0.15, 0.2) is 0 Å². The molecule has 0 saturated heterocycles. The van der Waals surface area contributed by atoms with Gasteiger partial charge in [-0.05, 0) is 61.8 Å². The summed E-state index contributed by atoms with van der Waals surface area (Å²) in [7, 11) is 0. The molecule has 0 amide bonds. The quantitative estimate of drug-likeness (QED) is 0.321. The molecule has 1 saturated carbocycles. The number of aromatic nitrogens is 2. The summed E-state index contributed by atoms with van der Waals surface area (Å²) in [5.41, 5.74) is 18.9. The molecule has 1 fully saturated rings. The molecule has 1 aliphatic carbocycles. The first-order valence-corrected chi connectivity index (χ1v) is 9.55. The number of nitro groups is 1. The maximum absolute atomic E-state index is 11.8. The van der Waals surface area contributed by atoms with Crippen molar-refractivity contribution < 1.29 is 4.92 Å². The third kappa shape index (κ3) is 4.86. The number of nitrogens with zero attached hydrogens (tertiary/aromatic N) is 3. The van der Waals surface area contributed by atoms with Gasteiger partial charge < -0.3 is 22.5 Å². The molecule has 2 aromatic rings. The number of hydrogen-bond donors (Lipinski definition) is 4. The first kappa shape index (κ1) is 19.8. The molecular weight excluding hydrogens is 358 g/mol. The number of benzene rings is 1. The Bertz CT molecular complexity index is 835. The lowest BCUT2D eigenvalue weighted by Crippen LogP contribution is -2.25. The largest absolute Gasteiger partial charge is 0.399 e. The van der Waals surface area contributed by atoms with Crippen LogP contribution in [0.15, 0.2) is 24.3 Å². The highest BCUT2D eigenvalue weighted by Gasteiger charge is 2.26. The van der Waals surface area contributed by atoms with Gasteiger partial charge in [0.1, 0.15) is 5.69 Å². The van der Waals surface area contributed by atoms with Crippen molar-refractivity contribution in [3.63, 3.8) is 0 Å². The topological polar surface area (TPSA) is 159 Å². The number of nitrogen functional groups attached to an aromatic ring is 2. The van der Waals surface area contributed by atoms with Crippen molar-refractivity contribution in [1.82, 2.24) is 9.97 Å². The summed E-state index contributed by atoms with van der Waals surface area (Å²) in [5, 5.41) is 14.9. The van der Waals surface area contributed by atoms with Crippen LogP contribution in [-0.2, 0) is 6.42 Å². The number of rotatable bonds is 7. The Labute approximate surface area is 163 Å². The van der Waals surface area contributed by atoms with Crippen molar-refractivity contribution in [2.24, 2.45) is 17.6 Å². The Balaban J connectivity index is 1.79. The molecule has 0 atom stereocenters. The van der Waals surface area contributed by atoms with Crippen LogP contribution < -0.4 is 22.5 Å². The first-order chi connectivity index (χ1) is 13.5. The van der Waals surface area contributed by atoms with Crippen molar-refractivity contribution >= 4 is 23.1 Å². The van der Waals surface area contributed by atoms with E-state index in [2.05, 4.69) is 15.3 Å². The van der Waals surface area contributed by atoms with Gasteiger partial charge in [0.05, 0.1) is 4.92 Å². The molecule has 1 aromatic carbocycles. The molecule has 3 rings (SSSR count). The minimum atomic E-state index is -0.450. The average molecular weight is 385 g/mol.